The van der Waals surface area contributed by atoms with E-state index in [0.717, 1.165) is 47.3 Å². The number of hydrogen-bond acceptors (Lipinski definition) is 7. The van der Waals surface area contributed by atoms with E-state index in [9.17, 15) is 14.4 Å². The van der Waals surface area contributed by atoms with Gasteiger partial charge >= 0.3 is 11.9 Å². The molecule has 0 aromatic carbocycles. The van der Waals surface area contributed by atoms with Gasteiger partial charge in [0.25, 0.3) is 0 Å². The molecule has 0 aliphatic rings. The number of ketones is 1. The van der Waals surface area contributed by atoms with Crippen molar-refractivity contribution in [2.24, 2.45) is 11.5 Å². The molecule has 0 spiro atoms. The van der Waals surface area contributed by atoms with Gasteiger partial charge in [-0.1, -0.05) is 79.9 Å². The molecule has 3 atom stereocenters. The van der Waals surface area contributed by atoms with E-state index in [1.54, 1.807) is 0 Å². The molecule has 158 valence electrons. The van der Waals surface area contributed by atoms with E-state index in [4.69, 9.17) is 21.7 Å². The second-order valence-corrected chi connectivity index (χ2v) is 9.21. The molecule has 0 amide bonds. The summed E-state index contributed by atoms with van der Waals surface area (Å²) in [5, 5.41) is 17.0. The molecule has 0 fully saturated rings. The minimum Gasteiger partial charge on any atom is -0.480 e. The highest BCUT2D eigenvalue weighted by Gasteiger charge is 2.31. The number of rotatable bonds is 18. The fraction of sp³-hybridized carbons (Fsp3) is 0.833. The Labute approximate surface area is 169 Å². The molecular formula is C18H34N2O5S2. The van der Waals surface area contributed by atoms with Crippen LogP contribution in [0.15, 0.2) is 0 Å². The topological polar surface area (TPSA) is 144 Å². The number of carbonyl (C=O) groups is 3. The Bertz CT molecular complexity index is 451. The third-order valence-corrected chi connectivity index (χ3v) is 7.03. The SMILES string of the molecule is CCCCCCCCCCCC(=O)C(SSC[C@H](N)C(=O)O)[C@H](N)C(=O)O. The van der Waals surface area contributed by atoms with Crippen molar-refractivity contribution in [3.8, 4) is 0 Å². The van der Waals surface area contributed by atoms with Gasteiger partial charge in [0.05, 0.1) is 5.25 Å². The molecule has 0 saturated heterocycles. The standard InChI is InChI=1S/C18H34N2O5S2/c1-2-3-4-5-6-7-8-9-10-11-14(21)16(15(20)18(24)25)27-26-12-13(19)17(22)23/h13,15-16H,2-12,19-20H2,1H3,(H,22,23)(H,24,25)/t13-,15-,16?/m0/s1. The predicted molar refractivity (Wildman–Crippen MR) is 112 cm³/mol. The van der Waals surface area contributed by atoms with Gasteiger partial charge in [-0.2, -0.15) is 0 Å². The largest absolute Gasteiger partial charge is 0.480 e. The van der Waals surface area contributed by atoms with E-state index in [1.807, 2.05) is 0 Å². The molecule has 9 heteroatoms. The van der Waals surface area contributed by atoms with Crippen LogP contribution in [0.5, 0.6) is 0 Å². The van der Waals surface area contributed by atoms with Crippen LogP contribution in [0.3, 0.4) is 0 Å². The molecule has 7 nitrogen and oxygen atoms in total. The highest BCUT2D eigenvalue weighted by Crippen LogP contribution is 2.30. The van der Waals surface area contributed by atoms with Crippen molar-refractivity contribution in [2.45, 2.75) is 88.5 Å². The van der Waals surface area contributed by atoms with Crippen molar-refractivity contribution < 1.29 is 24.6 Å². The van der Waals surface area contributed by atoms with Crippen molar-refractivity contribution in [3.63, 3.8) is 0 Å². The highest BCUT2D eigenvalue weighted by molar-refractivity contribution is 8.77. The Morgan fingerprint density at radius 3 is 1.85 bits per heavy atom. The van der Waals surface area contributed by atoms with Gasteiger partial charge in [0.2, 0.25) is 0 Å². The smallest absolute Gasteiger partial charge is 0.322 e. The predicted octanol–water partition coefficient (Wildman–Crippen LogP) is 3.05. The van der Waals surface area contributed by atoms with Crippen LogP contribution in [0.1, 0.15) is 71.1 Å². The molecular weight excluding hydrogens is 388 g/mol. The lowest BCUT2D eigenvalue weighted by molar-refractivity contribution is -0.140. The first-order valence-electron chi connectivity index (χ1n) is 9.59. The normalized spacial score (nSPS) is 14.5. The quantitative estimate of drug-likeness (QED) is 0.193. The van der Waals surface area contributed by atoms with Gasteiger partial charge in [-0.15, -0.1) is 0 Å². The summed E-state index contributed by atoms with van der Waals surface area (Å²) in [4.78, 5) is 34.3. The van der Waals surface area contributed by atoms with Crippen LogP contribution in [0, 0.1) is 0 Å². The minimum absolute atomic E-state index is 0.0775. The fourth-order valence-electron chi connectivity index (χ4n) is 2.45. The zero-order chi connectivity index (χ0) is 20.7. The first-order valence-corrected chi connectivity index (χ1v) is 12.0. The van der Waals surface area contributed by atoms with Crippen LogP contribution < -0.4 is 11.5 Å². The number of carboxylic acids is 2. The lowest BCUT2D eigenvalue weighted by Crippen LogP contribution is -2.44. The van der Waals surface area contributed by atoms with Crippen LogP contribution in [0.2, 0.25) is 0 Å². The first kappa shape index (κ1) is 26.2. The lowest BCUT2D eigenvalue weighted by atomic mass is 10.0. The number of Topliss-reactive ketones (excluding diaryl/α,β-unsaturated/α-hetero) is 1. The molecule has 0 rings (SSSR count). The van der Waals surface area contributed by atoms with Crippen LogP contribution in [-0.4, -0.2) is 51.0 Å². The van der Waals surface area contributed by atoms with E-state index in [0.29, 0.717) is 6.42 Å². The number of unbranched alkanes of at least 4 members (excludes halogenated alkanes) is 8. The average Bonchev–Trinajstić information content (AvgIpc) is 2.62. The second-order valence-electron chi connectivity index (χ2n) is 6.65. The molecule has 0 aliphatic carbocycles. The van der Waals surface area contributed by atoms with Gasteiger partial charge in [0.15, 0.2) is 0 Å². The second kappa shape index (κ2) is 16.2. The Balaban J connectivity index is 4.17. The summed E-state index contributed by atoms with van der Waals surface area (Å²) in [5.74, 6) is -2.50. The zero-order valence-electron chi connectivity index (χ0n) is 16.1. The molecule has 0 bridgehead atoms. The summed E-state index contributed by atoms with van der Waals surface area (Å²) in [5.41, 5.74) is 11.1. The number of aliphatic carboxylic acids is 2. The van der Waals surface area contributed by atoms with Crippen LogP contribution in [-0.2, 0) is 14.4 Å². The molecule has 0 radical (unpaired) electrons. The number of hydrogen-bond donors (Lipinski definition) is 4. The van der Waals surface area contributed by atoms with Gasteiger partial charge < -0.3 is 21.7 Å². The molecule has 0 saturated carbocycles. The van der Waals surface area contributed by atoms with Crippen LogP contribution in [0.25, 0.3) is 0 Å². The summed E-state index contributed by atoms with van der Waals surface area (Å²) >= 11 is 0. The van der Waals surface area contributed by atoms with Gasteiger partial charge in [-0.05, 0) is 6.42 Å². The summed E-state index contributed by atoms with van der Waals surface area (Å²) in [6.07, 6.45) is 10.5. The summed E-state index contributed by atoms with van der Waals surface area (Å²) in [6, 6.07) is -2.37. The first-order chi connectivity index (χ1) is 12.8. The third kappa shape index (κ3) is 13.1. The molecule has 0 aliphatic heterocycles. The van der Waals surface area contributed by atoms with Crippen molar-refractivity contribution >= 4 is 39.3 Å². The molecule has 0 heterocycles. The number of nitrogens with two attached hydrogens (primary N) is 2. The van der Waals surface area contributed by atoms with Crippen molar-refractivity contribution in [1.82, 2.24) is 0 Å². The van der Waals surface area contributed by atoms with E-state index >= 15 is 0 Å². The maximum atomic E-state index is 12.4. The molecule has 1 unspecified atom stereocenters. The lowest BCUT2D eigenvalue weighted by Gasteiger charge is -2.19. The van der Waals surface area contributed by atoms with E-state index in [2.05, 4.69) is 6.92 Å². The van der Waals surface area contributed by atoms with Crippen molar-refractivity contribution in [2.75, 3.05) is 5.75 Å². The average molecular weight is 423 g/mol. The van der Waals surface area contributed by atoms with Gasteiger partial charge in [0.1, 0.15) is 17.9 Å². The summed E-state index contributed by atoms with van der Waals surface area (Å²) in [7, 11) is 2.08. The van der Waals surface area contributed by atoms with E-state index in [1.165, 1.54) is 32.1 Å². The maximum Gasteiger partial charge on any atom is 0.322 e. The summed E-state index contributed by atoms with van der Waals surface area (Å²) < 4.78 is 0. The molecule has 0 aromatic heterocycles. The van der Waals surface area contributed by atoms with Crippen LogP contribution in [0.4, 0.5) is 0 Å². The molecule has 6 N–H and O–H groups in total. The van der Waals surface area contributed by atoms with E-state index in [-0.39, 0.29) is 11.5 Å². The monoisotopic (exact) mass is 422 g/mol. The van der Waals surface area contributed by atoms with E-state index < -0.39 is 29.3 Å². The van der Waals surface area contributed by atoms with Crippen molar-refractivity contribution in [1.29, 1.82) is 0 Å². The minimum atomic E-state index is -1.31. The molecule has 27 heavy (non-hydrogen) atoms. The van der Waals surface area contributed by atoms with Crippen molar-refractivity contribution in [3.05, 3.63) is 0 Å². The number of carbonyl (C=O) groups excluding carboxylic acids is 1. The molecule has 0 aromatic rings. The van der Waals surface area contributed by atoms with Gasteiger partial charge in [-0.3, -0.25) is 14.4 Å². The highest BCUT2D eigenvalue weighted by atomic mass is 33.1. The Morgan fingerprint density at radius 2 is 1.37 bits per heavy atom. The Kier molecular flexibility index (Phi) is 15.7. The van der Waals surface area contributed by atoms with Gasteiger partial charge in [0, 0.05) is 12.2 Å². The van der Waals surface area contributed by atoms with Gasteiger partial charge in [-0.25, -0.2) is 0 Å². The van der Waals surface area contributed by atoms with Crippen LogP contribution >= 0.6 is 21.6 Å². The summed E-state index contributed by atoms with van der Waals surface area (Å²) in [6.45, 7) is 2.19. The third-order valence-electron chi connectivity index (χ3n) is 4.19. The Morgan fingerprint density at radius 1 is 0.852 bits per heavy atom. The maximum absolute atomic E-state index is 12.4. The Hall–Kier alpha value is -0.770. The zero-order valence-corrected chi connectivity index (χ0v) is 17.7. The fourth-order valence-corrected chi connectivity index (χ4v) is 5.22. The number of carboxylic acid groups (broad SMARTS) is 2.